The number of non-ortho nitro benzene ring substituents is 1. The molecule has 0 radical (unpaired) electrons. The predicted molar refractivity (Wildman–Crippen MR) is 97.3 cm³/mol. The van der Waals surface area contributed by atoms with Crippen LogP contribution in [0.25, 0.3) is 0 Å². The number of benzene rings is 1. The first kappa shape index (κ1) is 20.6. The summed E-state index contributed by atoms with van der Waals surface area (Å²) in [6.45, 7) is 5.03. The minimum Gasteiger partial charge on any atom is -0.445 e. The molecule has 1 aromatic carbocycles. The van der Waals surface area contributed by atoms with E-state index in [-0.39, 0.29) is 41.4 Å². The zero-order chi connectivity index (χ0) is 20.2. The second-order valence-corrected chi connectivity index (χ2v) is 7.54. The Bertz CT molecular complexity index is 892. The number of nitrogens with two attached hydrogens (primary N) is 1. The molecule has 2 rings (SSSR count). The van der Waals surface area contributed by atoms with Crippen LogP contribution in [0.4, 0.5) is 5.69 Å². The number of rotatable bonds is 7. The van der Waals surface area contributed by atoms with E-state index in [0.29, 0.717) is 5.56 Å². The van der Waals surface area contributed by atoms with E-state index in [2.05, 4.69) is 0 Å². The molecule has 0 fully saturated rings. The van der Waals surface area contributed by atoms with Crippen molar-refractivity contribution in [1.82, 2.24) is 0 Å². The summed E-state index contributed by atoms with van der Waals surface area (Å²) < 4.78 is 29.7. The quantitative estimate of drug-likeness (QED) is 0.418. The van der Waals surface area contributed by atoms with Crippen LogP contribution in [-0.2, 0) is 18.3 Å². The van der Waals surface area contributed by atoms with E-state index in [9.17, 15) is 19.9 Å². The second-order valence-electron chi connectivity index (χ2n) is 5.55. The van der Waals surface area contributed by atoms with Crippen molar-refractivity contribution in [2.45, 2.75) is 26.7 Å². The summed E-state index contributed by atoms with van der Waals surface area (Å²) in [5.41, 5.74) is 6.03. The van der Waals surface area contributed by atoms with Crippen molar-refractivity contribution < 1.29 is 23.3 Å². The molecule has 144 valence electrons. The maximum absolute atomic E-state index is 13.5. The summed E-state index contributed by atoms with van der Waals surface area (Å²) in [4.78, 5) is 10.6. The first-order chi connectivity index (χ1) is 12.8. The third-order valence-electron chi connectivity index (χ3n) is 3.88. The molecule has 1 aliphatic heterocycles. The van der Waals surface area contributed by atoms with Crippen LogP contribution in [0.1, 0.15) is 32.3 Å². The maximum Gasteiger partial charge on any atom is 0.361 e. The number of hydrogen-bond acceptors (Lipinski definition) is 8. The number of nitrogens with zero attached hydrogens (tertiary/aromatic N) is 2. The number of nitriles is 1. The van der Waals surface area contributed by atoms with Gasteiger partial charge in [0.1, 0.15) is 17.4 Å². The van der Waals surface area contributed by atoms with Crippen molar-refractivity contribution in [1.29, 1.82) is 5.26 Å². The molecule has 1 aliphatic rings. The fourth-order valence-electron chi connectivity index (χ4n) is 2.88. The average Bonchev–Trinajstić information content (AvgIpc) is 2.61. The first-order valence-corrected chi connectivity index (χ1v) is 9.75. The SMILES string of the molecule is CCOP(=O)(OCC)C1=C(C)OC(N)=C(C#N)[C@H]1c1cccc([N+](=O)[O-])c1. The van der Waals surface area contributed by atoms with E-state index in [1.54, 1.807) is 19.9 Å². The lowest BCUT2D eigenvalue weighted by Gasteiger charge is -2.31. The first-order valence-electron chi connectivity index (χ1n) is 8.21. The normalized spacial score (nSPS) is 17.5. The molecule has 1 heterocycles. The zero-order valence-corrected chi connectivity index (χ0v) is 16.1. The Kier molecular flexibility index (Phi) is 6.39. The Morgan fingerprint density at radius 2 is 2.00 bits per heavy atom. The molecular formula is C17H20N3O6P. The van der Waals surface area contributed by atoms with Gasteiger partial charge in [0, 0.05) is 12.1 Å². The van der Waals surface area contributed by atoms with Crippen molar-refractivity contribution in [3.8, 4) is 6.07 Å². The van der Waals surface area contributed by atoms with Crippen LogP contribution in [0.15, 0.2) is 46.8 Å². The highest BCUT2D eigenvalue weighted by Crippen LogP contribution is 2.64. The van der Waals surface area contributed by atoms with Gasteiger partial charge in [-0.15, -0.1) is 0 Å². The van der Waals surface area contributed by atoms with Crippen molar-refractivity contribution in [2.24, 2.45) is 5.73 Å². The molecule has 0 aliphatic carbocycles. The van der Waals surface area contributed by atoms with E-state index in [0.717, 1.165) is 0 Å². The van der Waals surface area contributed by atoms with Gasteiger partial charge in [-0.25, -0.2) is 0 Å². The fraction of sp³-hybridized carbons (Fsp3) is 0.353. The minimum atomic E-state index is -3.84. The van der Waals surface area contributed by atoms with Gasteiger partial charge in [-0.05, 0) is 26.3 Å². The van der Waals surface area contributed by atoms with Crippen LogP contribution in [0.2, 0.25) is 0 Å². The largest absolute Gasteiger partial charge is 0.445 e. The summed E-state index contributed by atoms with van der Waals surface area (Å²) in [6, 6.07) is 7.64. The molecule has 1 atom stereocenters. The molecule has 27 heavy (non-hydrogen) atoms. The summed E-state index contributed by atoms with van der Waals surface area (Å²) >= 11 is 0. The third kappa shape index (κ3) is 4.03. The number of ether oxygens (including phenoxy) is 1. The van der Waals surface area contributed by atoms with E-state index in [1.807, 2.05) is 6.07 Å². The Morgan fingerprint density at radius 3 is 2.52 bits per heavy atom. The molecule has 0 saturated heterocycles. The van der Waals surface area contributed by atoms with Crippen LogP contribution >= 0.6 is 7.60 Å². The number of allylic oxidation sites excluding steroid dienone is 3. The van der Waals surface area contributed by atoms with Crippen LogP contribution in [0.5, 0.6) is 0 Å². The highest BCUT2D eigenvalue weighted by Gasteiger charge is 2.44. The standard InChI is InChI=1S/C17H20N3O6P/c1-4-24-27(23,25-5-2)16-11(3)26-17(19)14(10-18)15(16)12-7-6-8-13(9-12)20(21)22/h6-9,15H,4-5,19H2,1-3H3/t15-/m1/s1. The van der Waals surface area contributed by atoms with E-state index >= 15 is 0 Å². The Balaban J connectivity index is 2.75. The maximum atomic E-state index is 13.5. The van der Waals surface area contributed by atoms with Gasteiger partial charge in [-0.2, -0.15) is 5.26 Å². The monoisotopic (exact) mass is 393 g/mol. The number of nitro groups is 1. The summed E-state index contributed by atoms with van der Waals surface area (Å²) in [7, 11) is -3.84. The van der Waals surface area contributed by atoms with Crippen LogP contribution < -0.4 is 5.73 Å². The average molecular weight is 393 g/mol. The summed E-state index contributed by atoms with van der Waals surface area (Å²) in [5, 5.41) is 20.9. The minimum absolute atomic E-state index is 0.0178. The van der Waals surface area contributed by atoms with Gasteiger partial charge < -0.3 is 19.5 Å². The van der Waals surface area contributed by atoms with Crippen molar-refractivity contribution in [3.05, 3.63) is 62.5 Å². The van der Waals surface area contributed by atoms with Gasteiger partial charge in [-0.1, -0.05) is 12.1 Å². The van der Waals surface area contributed by atoms with Gasteiger partial charge in [0.2, 0.25) is 5.88 Å². The highest BCUT2D eigenvalue weighted by atomic mass is 31.2. The third-order valence-corrected chi connectivity index (χ3v) is 6.24. The molecule has 2 N–H and O–H groups in total. The van der Waals surface area contributed by atoms with E-state index in [4.69, 9.17) is 19.5 Å². The molecule has 0 unspecified atom stereocenters. The molecule has 0 amide bonds. The van der Waals surface area contributed by atoms with Crippen molar-refractivity contribution >= 4 is 13.3 Å². The number of hydrogen-bond donors (Lipinski definition) is 1. The predicted octanol–water partition coefficient (Wildman–Crippen LogP) is 3.90. The smallest absolute Gasteiger partial charge is 0.361 e. The Hall–Kier alpha value is -2.66. The Labute approximate surface area is 156 Å². The van der Waals surface area contributed by atoms with Crippen LogP contribution in [0.3, 0.4) is 0 Å². The van der Waals surface area contributed by atoms with E-state index in [1.165, 1.54) is 25.1 Å². The molecule has 0 saturated carbocycles. The number of nitro benzene ring substituents is 1. The molecule has 0 bridgehead atoms. The van der Waals surface area contributed by atoms with Gasteiger partial charge in [-0.3, -0.25) is 14.7 Å². The zero-order valence-electron chi connectivity index (χ0n) is 15.2. The Morgan fingerprint density at radius 1 is 1.37 bits per heavy atom. The van der Waals surface area contributed by atoms with Gasteiger partial charge in [0.25, 0.3) is 5.69 Å². The van der Waals surface area contributed by atoms with Gasteiger partial charge >= 0.3 is 7.60 Å². The van der Waals surface area contributed by atoms with E-state index < -0.39 is 18.4 Å². The molecule has 0 spiro atoms. The topological polar surface area (TPSA) is 138 Å². The van der Waals surface area contributed by atoms with Crippen molar-refractivity contribution in [2.75, 3.05) is 13.2 Å². The molecule has 10 heteroatoms. The fourth-order valence-corrected chi connectivity index (χ4v) is 4.94. The summed E-state index contributed by atoms with van der Waals surface area (Å²) in [5.74, 6) is -0.935. The molecule has 1 aromatic rings. The van der Waals surface area contributed by atoms with Gasteiger partial charge in [0.05, 0.1) is 29.4 Å². The second kappa shape index (κ2) is 8.35. The lowest BCUT2D eigenvalue weighted by Crippen LogP contribution is -2.21. The highest BCUT2D eigenvalue weighted by molar-refractivity contribution is 7.58. The van der Waals surface area contributed by atoms with Crippen molar-refractivity contribution in [3.63, 3.8) is 0 Å². The molecule has 9 nitrogen and oxygen atoms in total. The molecular weight excluding hydrogens is 373 g/mol. The van der Waals surface area contributed by atoms with Gasteiger partial charge in [0.15, 0.2) is 0 Å². The molecule has 0 aromatic heterocycles. The van der Waals surface area contributed by atoms with Crippen LogP contribution in [-0.4, -0.2) is 18.1 Å². The van der Waals surface area contributed by atoms with Crippen LogP contribution in [0, 0.1) is 21.4 Å². The lowest BCUT2D eigenvalue weighted by molar-refractivity contribution is -0.384. The lowest BCUT2D eigenvalue weighted by atomic mass is 9.89. The summed E-state index contributed by atoms with van der Waals surface area (Å²) in [6.07, 6.45) is 0.